The quantitative estimate of drug-likeness (QED) is 0.201. The van der Waals surface area contributed by atoms with Crippen molar-refractivity contribution in [3.63, 3.8) is 0 Å². The molecule has 0 aromatic heterocycles. The Kier molecular flexibility index (Phi) is 11.5. The second kappa shape index (κ2) is 9.06. The summed E-state index contributed by atoms with van der Waals surface area (Å²) in [6.45, 7) is 2.09. The van der Waals surface area contributed by atoms with Gasteiger partial charge in [-0.2, -0.15) is 16.4 Å². The molecule has 62 valence electrons. The van der Waals surface area contributed by atoms with Crippen molar-refractivity contribution in [1.82, 2.24) is 5.43 Å². The lowest BCUT2D eigenvalue weighted by Gasteiger charge is -1.92. The smallest absolute Gasteiger partial charge is 0.275 e. The lowest BCUT2D eigenvalue weighted by molar-refractivity contribution is -0.468. The van der Waals surface area contributed by atoms with Crippen LogP contribution in [0.5, 0.6) is 0 Å². The second-order valence-electron chi connectivity index (χ2n) is 1.47. The van der Waals surface area contributed by atoms with Crippen LogP contribution in [0.25, 0.3) is 0 Å². The fourth-order valence-corrected chi connectivity index (χ4v) is 0.904. The van der Waals surface area contributed by atoms with E-state index in [1.54, 1.807) is 11.8 Å². The van der Waals surface area contributed by atoms with Crippen molar-refractivity contribution >= 4 is 33.9 Å². The van der Waals surface area contributed by atoms with E-state index in [9.17, 15) is 0 Å². The van der Waals surface area contributed by atoms with Crippen molar-refractivity contribution < 1.29 is 5.10 Å². The van der Waals surface area contributed by atoms with E-state index in [1.165, 1.54) is 0 Å². The van der Waals surface area contributed by atoms with Crippen LogP contribution in [0.2, 0.25) is 0 Å². The molecule has 0 spiro atoms. The molecule has 0 saturated heterocycles. The predicted octanol–water partition coefficient (Wildman–Crippen LogP) is -1.52. The van der Waals surface area contributed by atoms with E-state index in [0.717, 1.165) is 12.2 Å². The molecular formula is C4H14BrN4S+. The van der Waals surface area contributed by atoms with Crippen molar-refractivity contribution in [3.05, 3.63) is 0 Å². The Balaban J connectivity index is 0. The molecule has 0 heterocycles. The fourth-order valence-electron chi connectivity index (χ4n) is 0.329. The third kappa shape index (κ3) is 6.18. The molecule has 0 amide bonds. The molecule has 0 aromatic rings. The number of nitrogens with two attached hydrogens (primary N) is 2. The van der Waals surface area contributed by atoms with Crippen molar-refractivity contribution in [3.8, 4) is 0 Å². The molecule has 0 saturated carbocycles. The van der Waals surface area contributed by atoms with Gasteiger partial charge in [-0.1, -0.05) is 6.92 Å². The Morgan fingerprint density at radius 1 is 1.70 bits per heavy atom. The fraction of sp³-hybridized carbons (Fsp3) is 0.750. The van der Waals surface area contributed by atoms with E-state index in [-0.39, 0.29) is 17.0 Å². The molecule has 0 fully saturated rings. The van der Waals surface area contributed by atoms with Crippen LogP contribution in [0.4, 0.5) is 0 Å². The minimum Gasteiger partial charge on any atom is -0.275 e. The molecule has 0 radical (unpaired) electrons. The highest BCUT2D eigenvalue weighted by Crippen LogP contribution is 1.97. The normalized spacial score (nSPS) is 10.4. The van der Waals surface area contributed by atoms with Gasteiger partial charge in [0.1, 0.15) is 0 Å². The first-order valence-electron chi connectivity index (χ1n) is 2.78. The minimum absolute atomic E-state index is 0. The van der Waals surface area contributed by atoms with E-state index >= 15 is 0 Å². The summed E-state index contributed by atoms with van der Waals surface area (Å²) in [5.41, 5.74) is 2.43. The number of hydrazone groups is 1. The van der Waals surface area contributed by atoms with Crippen LogP contribution >= 0.6 is 28.7 Å². The highest BCUT2D eigenvalue weighted by Gasteiger charge is 2.00. The lowest BCUT2D eigenvalue weighted by Crippen LogP contribution is -2.82. The first-order chi connectivity index (χ1) is 4.35. The summed E-state index contributed by atoms with van der Waals surface area (Å²) >= 11 is 1.57. The van der Waals surface area contributed by atoms with Gasteiger partial charge < -0.3 is 0 Å². The van der Waals surface area contributed by atoms with Gasteiger partial charge >= 0.3 is 5.17 Å². The number of thioether (sulfide) groups is 1. The molecule has 4 nitrogen and oxygen atoms in total. The molecule has 0 bridgehead atoms. The van der Waals surface area contributed by atoms with Crippen molar-refractivity contribution in [2.75, 3.05) is 5.75 Å². The number of amidine groups is 1. The molecule has 6 heteroatoms. The van der Waals surface area contributed by atoms with E-state index in [4.69, 9.17) is 11.7 Å². The van der Waals surface area contributed by atoms with Gasteiger partial charge in [-0.25, -0.2) is 0 Å². The van der Waals surface area contributed by atoms with Crippen molar-refractivity contribution in [2.45, 2.75) is 13.3 Å². The molecule has 0 aliphatic rings. The second-order valence-corrected chi connectivity index (χ2v) is 2.57. The van der Waals surface area contributed by atoms with Crippen LogP contribution < -0.4 is 22.2 Å². The Morgan fingerprint density at radius 3 is 2.60 bits per heavy atom. The SMILES string of the molecule is Br.CCCSC(NN)=[NH+]N. The zero-order valence-corrected chi connectivity index (χ0v) is 8.41. The van der Waals surface area contributed by atoms with Gasteiger partial charge in [0.2, 0.25) is 0 Å². The Hall–Kier alpha value is 0.0600. The van der Waals surface area contributed by atoms with Gasteiger partial charge in [0, 0.05) is 5.75 Å². The molecule has 0 aliphatic heterocycles. The Labute approximate surface area is 75.5 Å². The summed E-state index contributed by atoms with van der Waals surface area (Å²) in [5, 5.41) is 3.14. The number of rotatable bonds is 2. The minimum atomic E-state index is 0. The van der Waals surface area contributed by atoms with Crippen LogP contribution in [0.15, 0.2) is 0 Å². The Morgan fingerprint density at radius 2 is 2.30 bits per heavy atom. The summed E-state index contributed by atoms with van der Waals surface area (Å²) in [4.78, 5) is 0. The molecule has 0 rings (SSSR count). The van der Waals surface area contributed by atoms with Crippen LogP contribution in [-0.2, 0) is 0 Å². The largest absolute Gasteiger partial charge is 0.344 e. The average Bonchev–Trinajstić information content (AvgIpc) is 1.91. The van der Waals surface area contributed by atoms with Crippen molar-refractivity contribution in [1.29, 1.82) is 0 Å². The van der Waals surface area contributed by atoms with Gasteiger partial charge in [-0.3, -0.25) is 5.84 Å². The highest BCUT2D eigenvalue weighted by atomic mass is 79.9. The van der Waals surface area contributed by atoms with Gasteiger partial charge in [0.05, 0.1) is 0 Å². The van der Waals surface area contributed by atoms with Gasteiger partial charge in [-0.15, -0.1) is 17.0 Å². The number of hydrogen-bond donors (Lipinski definition) is 4. The van der Waals surface area contributed by atoms with E-state index in [2.05, 4.69) is 17.5 Å². The third-order valence-corrected chi connectivity index (χ3v) is 1.85. The van der Waals surface area contributed by atoms with Gasteiger partial charge in [0.25, 0.3) is 0 Å². The van der Waals surface area contributed by atoms with E-state index in [0.29, 0.717) is 5.17 Å². The summed E-state index contributed by atoms with van der Waals surface area (Å²) < 4.78 is 0. The maximum atomic E-state index is 5.07. The van der Waals surface area contributed by atoms with Crippen LogP contribution in [0.3, 0.4) is 0 Å². The van der Waals surface area contributed by atoms with Gasteiger partial charge in [-0.05, 0) is 18.2 Å². The number of hydrazine groups is 2. The van der Waals surface area contributed by atoms with Crippen LogP contribution in [0.1, 0.15) is 13.3 Å². The summed E-state index contributed by atoms with van der Waals surface area (Å²) in [6, 6.07) is 0. The predicted molar refractivity (Wildman–Crippen MR) is 50.6 cm³/mol. The topological polar surface area (TPSA) is 78.0 Å². The Bertz CT molecular complexity index is 97.3. The molecule has 0 atom stereocenters. The van der Waals surface area contributed by atoms with Crippen LogP contribution in [0, 0.1) is 0 Å². The number of nitrogens with one attached hydrogen (secondary N) is 2. The maximum absolute atomic E-state index is 5.07. The number of halogens is 1. The first kappa shape index (κ1) is 12.7. The molecule has 0 aromatic carbocycles. The molecule has 0 aliphatic carbocycles. The van der Waals surface area contributed by atoms with Gasteiger partial charge in [0.15, 0.2) is 0 Å². The number of hydrogen-bond acceptors (Lipinski definition) is 3. The zero-order chi connectivity index (χ0) is 7.11. The third-order valence-electron chi connectivity index (χ3n) is 0.713. The first-order valence-corrected chi connectivity index (χ1v) is 3.76. The molecule has 6 N–H and O–H groups in total. The highest BCUT2D eigenvalue weighted by molar-refractivity contribution is 8.93. The molecule has 10 heavy (non-hydrogen) atoms. The monoisotopic (exact) mass is 229 g/mol. The molecular weight excluding hydrogens is 216 g/mol. The van der Waals surface area contributed by atoms with Crippen LogP contribution in [-0.4, -0.2) is 10.9 Å². The average molecular weight is 230 g/mol. The van der Waals surface area contributed by atoms with E-state index < -0.39 is 0 Å². The molecule has 0 unspecified atom stereocenters. The lowest BCUT2D eigenvalue weighted by atomic mass is 10.6. The van der Waals surface area contributed by atoms with E-state index in [1.807, 2.05) is 0 Å². The maximum Gasteiger partial charge on any atom is 0.344 e. The summed E-state index contributed by atoms with van der Waals surface area (Å²) in [7, 11) is 0. The standard InChI is InChI=1S/C4H12N4S.BrH/c1-2-3-9-4(7-5)8-6;/h2-3,5-6H2,1H3,(H,7,8);1H/p+1. The zero-order valence-electron chi connectivity index (χ0n) is 5.89. The summed E-state index contributed by atoms with van der Waals surface area (Å²) in [6.07, 6.45) is 1.11. The summed E-state index contributed by atoms with van der Waals surface area (Å²) in [5.74, 6) is 11.2. The van der Waals surface area contributed by atoms with Crippen molar-refractivity contribution in [2.24, 2.45) is 11.7 Å².